The average Bonchev–Trinajstić information content (AvgIpc) is 2.29. The van der Waals surface area contributed by atoms with Crippen LogP contribution in [0.25, 0.3) is 6.08 Å². The van der Waals surface area contributed by atoms with Crippen molar-refractivity contribution in [1.82, 2.24) is 5.32 Å². The van der Waals surface area contributed by atoms with Crippen LogP contribution in [0.1, 0.15) is 12.5 Å². The molecule has 1 aromatic carbocycles. The third-order valence-electron chi connectivity index (χ3n) is 2.01. The number of aliphatic carboxylic acids is 1. The summed E-state index contributed by atoms with van der Waals surface area (Å²) in [5.41, 5.74) is 5.84. The lowest BCUT2D eigenvalue weighted by Crippen LogP contribution is -2.39. The van der Waals surface area contributed by atoms with E-state index in [0.29, 0.717) is 5.56 Å². The van der Waals surface area contributed by atoms with E-state index in [1.165, 1.54) is 13.0 Å². The summed E-state index contributed by atoms with van der Waals surface area (Å²) in [4.78, 5) is 22.2. The predicted octanol–water partition coefficient (Wildman–Crippen LogP) is 0.575. The molecule has 0 fully saturated rings. The molecule has 5 nitrogen and oxygen atoms in total. The van der Waals surface area contributed by atoms with Gasteiger partial charge >= 0.3 is 5.97 Å². The second kappa shape index (κ2) is 5.81. The van der Waals surface area contributed by atoms with Gasteiger partial charge in [0.15, 0.2) is 0 Å². The van der Waals surface area contributed by atoms with Crippen LogP contribution in [0.15, 0.2) is 36.0 Å². The number of benzene rings is 1. The second-order valence-electron chi connectivity index (χ2n) is 3.55. The molecular formula is C12H14N2O3. The molecule has 17 heavy (non-hydrogen) atoms. The van der Waals surface area contributed by atoms with E-state index in [2.05, 4.69) is 5.32 Å². The Hall–Kier alpha value is -2.14. The van der Waals surface area contributed by atoms with E-state index in [0.717, 1.165) is 0 Å². The summed E-state index contributed by atoms with van der Waals surface area (Å²) in [5.74, 6) is -1.74. The third kappa shape index (κ3) is 4.08. The summed E-state index contributed by atoms with van der Waals surface area (Å²) in [6, 6.07) is 8.09. The molecular weight excluding hydrogens is 220 g/mol. The topological polar surface area (TPSA) is 92.4 Å². The van der Waals surface area contributed by atoms with Crippen LogP contribution in [0, 0.1) is 0 Å². The standard InChI is InChI=1S/C12H14N2O3/c1-8(13)11(15)14-10(12(16)17)7-9-5-3-2-4-6-9/h2-8H,13H2,1H3,(H,14,15)(H,16,17)/b10-7-/t8-/m1/s1. The van der Waals surface area contributed by atoms with Crippen LogP contribution in [0.5, 0.6) is 0 Å². The van der Waals surface area contributed by atoms with Crippen LogP contribution in [0.2, 0.25) is 0 Å². The van der Waals surface area contributed by atoms with Gasteiger partial charge in [0, 0.05) is 0 Å². The third-order valence-corrected chi connectivity index (χ3v) is 2.01. The average molecular weight is 234 g/mol. The zero-order valence-corrected chi connectivity index (χ0v) is 9.38. The number of hydrogen-bond acceptors (Lipinski definition) is 3. The highest BCUT2D eigenvalue weighted by Crippen LogP contribution is 2.05. The van der Waals surface area contributed by atoms with Gasteiger partial charge < -0.3 is 16.2 Å². The Balaban J connectivity index is 2.91. The highest BCUT2D eigenvalue weighted by atomic mass is 16.4. The number of nitrogens with one attached hydrogen (secondary N) is 1. The SMILES string of the molecule is C[C@@H](N)C(=O)N/C(=C\c1ccccc1)C(=O)O. The van der Waals surface area contributed by atoms with Crippen LogP contribution >= 0.6 is 0 Å². The Morgan fingerprint density at radius 2 is 1.94 bits per heavy atom. The fourth-order valence-corrected chi connectivity index (χ4v) is 1.11. The van der Waals surface area contributed by atoms with Crippen molar-refractivity contribution in [1.29, 1.82) is 0 Å². The lowest BCUT2D eigenvalue weighted by molar-refractivity contribution is -0.134. The molecule has 0 spiro atoms. The van der Waals surface area contributed by atoms with Crippen LogP contribution in [0.4, 0.5) is 0 Å². The lowest BCUT2D eigenvalue weighted by Gasteiger charge is -2.08. The molecule has 5 heteroatoms. The molecule has 0 aliphatic carbocycles. The number of hydrogen-bond donors (Lipinski definition) is 3. The Morgan fingerprint density at radius 1 is 1.35 bits per heavy atom. The molecule has 0 unspecified atom stereocenters. The smallest absolute Gasteiger partial charge is 0.352 e. The number of amides is 1. The minimum Gasteiger partial charge on any atom is -0.477 e. The van der Waals surface area contributed by atoms with Crippen molar-refractivity contribution in [2.75, 3.05) is 0 Å². The Kier molecular flexibility index (Phi) is 4.42. The Bertz CT molecular complexity index is 438. The number of carbonyl (C=O) groups excluding carboxylic acids is 1. The number of carbonyl (C=O) groups is 2. The van der Waals surface area contributed by atoms with Gasteiger partial charge in [-0.1, -0.05) is 30.3 Å². The maximum absolute atomic E-state index is 11.3. The lowest BCUT2D eigenvalue weighted by atomic mass is 10.2. The summed E-state index contributed by atoms with van der Waals surface area (Å²) in [6.07, 6.45) is 1.38. The summed E-state index contributed by atoms with van der Waals surface area (Å²) in [7, 11) is 0. The van der Waals surface area contributed by atoms with Crippen LogP contribution in [-0.2, 0) is 9.59 Å². The van der Waals surface area contributed by atoms with Crippen molar-refractivity contribution >= 4 is 18.0 Å². The first-order chi connectivity index (χ1) is 8.00. The minimum absolute atomic E-state index is 0.196. The van der Waals surface area contributed by atoms with E-state index < -0.39 is 17.9 Å². The van der Waals surface area contributed by atoms with E-state index in [-0.39, 0.29) is 5.70 Å². The van der Waals surface area contributed by atoms with E-state index >= 15 is 0 Å². The molecule has 0 heterocycles. The zero-order chi connectivity index (χ0) is 12.8. The molecule has 0 saturated heterocycles. The first kappa shape index (κ1) is 12.9. The van der Waals surface area contributed by atoms with Gasteiger partial charge in [-0.05, 0) is 18.6 Å². The number of nitrogens with two attached hydrogens (primary N) is 1. The van der Waals surface area contributed by atoms with E-state index in [4.69, 9.17) is 10.8 Å². The summed E-state index contributed by atoms with van der Waals surface area (Å²) in [5, 5.41) is 11.2. The first-order valence-corrected chi connectivity index (χ1v) is 5.07. The monoisotopic (exact) mass is 234 g/mol. The van der Waals surface area contributed by atoms with Crippen molar-refractivity contribution in [2.45, 2.75) is 13.0 Å². The maximum atomic E-state index is 11.3. The molecule has 1 rings (SSSR count). The summed E-state index contributed by atoms with van der Waals surface area (Å²) in [6.45, 7) is 1.48. The molecule has 0 aliphatic rings. The molecule has 1 aromatic rings. The van der Waals surface area contributed by atoms with Crippen molar-refractivity contribution in [3.8, 4) is 0 Å². The number of rotatable bonds is 4. The molecule has 1 amide bonds. The molecule has 0 aliphatic heterocycles. The van der Waals surface area contributed by atoms with E-state index in [1.807, 2.05) is 6.07 Å². The Morgan fingerprint density at radius 3 is 2.41 bits per heavy atom. The zero-order valence-electron chi connectivity index (χ0n) is 9.38. The van der Waals surface area contributed by atoms with Gasteiger partial charge in [0.2, 0.25) is 5.91 Å². The fraction of sp³-hybridized carbons (Fsp3) is 0.167. The quantitative estimate of drug-likeness (QED) is 0.664. The maximum Gasteiger partial charge on any atom is 0.352 e. The highest BCUT2D eigenvalue weighted by Gasteiger charge is 2.14. The molecule has 0 aromatic heterocycles. The van der Waals surface area contributed by atoms with Gasteiger partial charge in [-0.15, -0.1) is 0 Å². The predicted molar refractivity (Wildman–Crippen MR) is 63.8 cm³/mol. The highest BCUT2D eigenvalue weighted by molar-refractivity contribution is 5.97. The van der Waals surface area contributed by atoms with Crippen molar-refractivity contribution in [3.63, 3.8) is 0 Å². The molecule has 0 saturated carbocycles. The van der Waals surface area contributed by atoms with Gasteiger partial charge in [-0.2, -0.15) is 0 Å². The fourth-order valence-electron chi connectivity index (χ4n) is 1.11. The van der Waals surface area contributed by atoms with E-state index in [9.17, 15) is 9.59 Å². The van der Waals surface area contributed by atoms with Gasteiger partial charge in [-0.25, -0.2) is 4.79 Å². The molecule has 90 valence electrons. The number of carboxylic acid groups (broad SMARTS) is 1. The van der Waals surface area contributed by atoms with E-state index in [1.54, 1.807) is 24.3 Å². The normalized spacial score (nSPS) is 12.9. The first-order valence-electron chi connectivity index (χ1n) is 5.07. The van der Waals surface area contributed by atoms with Crippen molar-refractivity contribution < 1.29 is 14.7 Å². The van der Waals surface area contributed by atoms with Crippen molar-refractivity contribution in [2.24, 2.45) is 5.73 Å². The van der Waals surface area contributed by atoms with Gasteiger partial charge in [0.1, 0.15) is 5.70 Å². The van der Waals surface area contributed by atoms with Crippen molar-refractivity contribution in [3.05, 3.63) is 41.6 Å². The van der Waals surface area contributed by atoms with Gasteiger partial charge in [-0.3, -0.25) is 4.79 Å². The second-order valence-corrected chi connectivity index (χ2v) is 3.55. The van der Waals surface area contributed by atoms with Gasteiger partial charge in [0.05, 0.1) is 6.04 Å². The largest absolute Gasteiger partial charge is 0.477 e. The minimum atomic E-state index is -1.21. The van der Waals surface area contributed by atoms with Crippen LogP contribution in [0.3, 0.4) is 0 Å². The van der Waals surface area contributed by atoms with Gasteiger partial charge in [0.25, 0.3) is 0 Å². The molecule has 1 atom stereocenters. The summed E-state index contributed by atoms with van der Waals surface area (Å²) < 4.78 is 0. The van der Waals surface area contributed by atoms with Crippen LogP contribution < -0.4 is 11.1 Å². The molecule has 0 radical (unpaired) electrons. The molecule has 4 N–H and O–H groups in total. The summed E-state index contributed by atoms with van der Waals surface area (Å²) >= 11 is 0. The molecule has 0 bridgehead atoms. The Labute approximate surface area is 98.9 Å². The number of carboxylic acids is 1. The van der Waals surface area contributed by atoms with Crippen LogP contribution in [-0.4, -0.2) is 23.0 Å².